The van der Waals surface area contributed by atoms with Crippen LogP contribution >= 0.6 is 0 Å². The molecule has 3 heterocycles. The SMILES string of the molecule is O=C(NC1CCc2cc(-c3noc(C(F)F)n3)ccc21)c1cnn2c1CCC2. The van der Waals surface area contributed by atoms with Crippen molar-refractivity contribution in [3.8, 4) is 11.4 Å². The molecular formula is C19H17F2N5O2. The van der Waals surface area contributed by atoms with Crippen LogP contribution in [-0.4, -0.2) is 25.8 Å². The molecule has 1 aromatic carbocycles. The summed E-state index contributed by atoms with van der Waals surface area (Å²) < 4.78 is 31.8. The van der Waals surface area contributed by atoms with Crippen molar-refractivity contribution in [3.63, 3.8) is 0 Å². The second-order valence-corrected chi connectivity index (χ2v) is 7.07. The number of benzene rings is 1. The van der Waals surface area contributed by atoms with Crippen molar-refractivity contribution in [2.45, 2.75) is 44.7 Å². The number of fused-ring (bicyclic) bond motifs is 2. The van der Waals surface area contributed by atoms with Crippen molar-refractivity contribution < 1.29 is 18.1 Å². The molecule has 1 N–H and O–H groups in total. The van der Waals surface area contributed by atoms with Crippen molar-refractivity contribution in [1.82, 2.24) is 25.2 Å². The Bertz CT molecular complexity index is 1060. The van der Waals surface area contributed by atoms with Crippen LogP contribution in [0, 0.1) is 0 Å². The summed E-state index contributed by atoms with van der Waals surface area (Å²) in [5, 5.41) is 11.0. The van der Waals surface area contributed by atoms with Crippen LogP contribution in [0.25, 0.3) is 11.4 Å². The molecule has 0 saturated carbocycles. The largest absolute Gasteiger partial charge is 0.345 e. The lowest BCUT2D eigenvalue weighted by molar-refractivity contribution is 0.0935. The first kappa shape index (κ1) is 17.0. The first-order chi connectivity index (χ1) is 13.6. The summed E-state index contributed by atoms with van der Waals surface area (Å²) in [6.45, 7) is 0.862. The molecule has 0 spiro atoms. The fourth-order valence-electron chi connectivity index (χ4n) is 4.04. The molecule has 1 amide bonds. The third-order valence-electron chi connectivity index (χ3n) is 5.39. The standard InChI is InChI=1S/C19H17F2N5O2/c20-16(21)19-24-17(25-28-19)11-3-5-12-10(8-11)4-6-14(12)23-18(27)13-9-22-26-7-1-2-15(13)26/h3,5,8-9,14,16H,1-2,4,6-7H2,(H,23,27). The highest BCUT2D eigenvalue weighted by Crippen LogP contribution is 2.34. The monoisotopic (exact) mass is 385 g/mol. The van der Waals surface area contributed by atoms with Gasteiger partial charge < -0.3 is 9.84 Å². The Morgan fingerprint density at radius 2 is 2.21 bits per heavy atom. The van der Waals surface area contributed by atoms with E-state index in [0.29, 0.717) is 11.1 Å². The van der Waals surface area contributed by atoms with Crippen LogP contribution in [0.15, 0.2) is 28.9 Å². The van der Waals surface area contributed by atoms with Crippen LogP contribution in [0.3, 0.4) is 0 Å². The van der Waals surface area contributed by atoms with Crippen LogP contribution in [0.1, 0.15) is 58.4 Å². The summed E-state index contributed by atoms with van der Waals surface area (Å²) in [6, 6.07) is 5.44. The zero-order chi connectivity index (χ0) is 19.3. The highest BCUT2D eigenvalue weighted by molar-refractivity contribution is 5.95. The van der Waals surface area contributed by atoms with Gasteiger partial charge in [0.15, 0.2) is 0 Å². The molecule has 3 aromatic rings. The number of amides is 1. The van der Waals surface area contributed by atoms with Crippen molar-refractivity contribution in [3.05, 3.63) is 52.7 Å². The number of nitrogens with zero attached hydrogens (tertiary/aromatic N) is 4. The maximum Gasteiger partial charge on any atom is 0.315 e. The Labute approximate surface area is 158 Å². The summed E-state index contributed by atoms with van der Waals surface area (Å²) in [6.07, 6.45) is 2.29. The first-order valence-corrected chi connectivity index (χ1v) is 9.20. The van der Waals surface area contributed by atoms with Crippen molar-refractivity contribution in [2.24, 2.45) is 0 Å². The van der Waals surface area contributed by atoms with Crippen LogP contribution in [-0.2, 0) is 19.4 Å². The lowest BCUT2D eigenvalue weighted by atomic mass is 10.0. The quantitative estimate of drug-likeness (QED) is 0.745. The van der Waals surface area contributed by atoms with E-state index in [-0.39, 0.29) is 17.8 Å². The van der Waals surface area contributed by atoms with E-state index in [1.807, 2.05) is 16.8 Å². The second kappa shape index (κ2) is 6.50. The molecule has 0 radical (unpaired) electrons. The highest BCUT2D eigenvalue weighted by atomic mass is 19.3. The predicted molar refractivity (Wildman–Crippen MR) is 93.8 cm³/mol. The Morgan fingerprint density at radius 1 is 1.32 bits per heavy atom. The van der Waals surface area contributed by atoms with Gasteiger partial charge in [-0.2, -0.15) is 18.9 Å². The van der Waals surface area contributed by atoms with Gasteiger partial charge in [-0.25, -0.2) is 0 Å². The zero-order valence-electron chi connectivity index (χ0n) is 14.9. The third kappa shape index (κ3) is 2.78. The molecule has 0 bridgehead atoms. The van der Waals surface area contributed by atoms with E-state index in [4.69, 9.17) is 0 Å². The van der Waals surface area contributed by atoms with E-state index >= 15 is 0 Å². The molecule has 1 aliphatic heterocycles. The molecule has 0 saturated heterocycles. The van der Waals surface area contributed by atoms with Gasteiger partial charge in [-0.05, 0) is 42.9 Å². The Hall–Kier alpha value is -3.10. The highest BCUT2D eigenvalue weighted by Gasteiger charge is 2.28. The van der Waals surface area contributed by atoms with Crippen molar-refractivity contribution in [2.75, 3.05) is 0 Å². The van der Waals surface area contributed by atoms with Gasteiger partial charge in [0.2, 0.25) is 5.82 Å². The zero-order valence-corrected chi connectivity index (χ0v) is 14.9. The number of alkyl halides is 2. The van der Waals surface area contributed by atoms with Crippen LogP contribution in [0.2, 0.25) is 0 Å². The van der Waals surface area contributed by atoms with Crippen LogP contribution in [0.5, 0.6) is 0 Å². The maximum atomic E-state index is 12.7. The number of halogens is 2. The fourth-order valence-corrected chi connectivity index (χ4v) is 4.04. The third-order valence-corrected chi connectivity index (χ3v) is 5.39. The number of nitrogens with one attached hydrogen (secondary N) is 1. The minimum atomic E-state index is -2.79. The van der Waals surface area contributed by atoms with Gasteiger partial charge in [-0.15, -0.1) is 0 Å². The number of hydrogen-bond acceptors (Lipinski definition) is 5. The molecule has 28 heavy (non-hydrogen) atoms. The van der Waals surface area contributed by atoms with Crippen molar-refractivity contribution >= 4 is 5.91 Å². The van der Waals surface area contributed by atoms with Crippen molar-refractivity contribution in [1.29, 1.82) is 0 Å². The lowest BCUT2D eigenvalue weighted by Gasteiger charge is -2.14. The van der Waals surface area contributed by atoms with Gasteiger partial charge in [-0.1, -0.05) is 17.3 Å². The molecule has 1 unspecified atom stereocenters. The van der Waals surface area contributed by atoms with Crippen LogP contribution < -0.4 is 5.32 Å². The number of aromatic nitrogens is 4. The maximum absolute atomic E-state index is 12.7. The summed E-state index contributed by atoms with van der Waals surface area (Å²) >= 11 is 0. The predicted octanol–water partition coefficient (Wildman–Crippen LogP) is 3.23. The number of hydrogen-bond donors (Lipinski definition) is 1. The summed E-state index contributed by atoms with van der Waals surface area (Å²) in [5.41, 5.74) is 4.34. The second-order valence-electron chi connectivity index (χ2n) is 7.07. The molecule has 9 heteroatoms. The lowest BCUT2D eigenvalue weighted by Crippen LogP contribution is -2.27. The summed E-state index contributed by atoms with van der Waals surface area (Å²) in [7, 11) is 0. The summed E-state index contributed by atoms with van der Waals surface area (Å²) in [4.78, 5) is 16.5. The van der Waals surface area contributed by atoms with Crippen LogP contribution in [0.4, 0.5) is 8.78 Å². The molecule has 2 aromatic heterocycles. The van der Waals surface area contributed by atoms with Gasteiger partial charge >= 0.3 is 6.43 Å². The van der Waals surface area contributed by atoms with E-state index in [2.05, 4.69) is 25.1 Å². The van der Waals surface area contributed by atoms with Gasteiger partial charge in [-0.3, -0.25) is 9.48 Å². The van der Waals surface area contributed by atoms with Gasteiger partial charge in [0.05, 0.1) is 23.5 Å². The molecule has 0 fully saturated rings. The van der Waals surface area contributed by atoms with E-state index in [1.165, 1.54) is 0 Å². The average Bonchev–Trinajstić information content (AvgIpc) is 3.44. The van der Waals surface area contributed by atoms with E-state index < -0.39 is 12.3 Å². The first-order valence-electron chi connectivity index (χ1n) is 9.20. The topological polar surface area (TPSA) is 85.8 Å². The summed E-state index contributed by atoms with van der Waals surface area (Å²) in [5.74, 6) is -0.653. The van der Waals surface area contributed by atoms with E-state index in [1.54, 1.807) is 12.3 Å². The Kier molecular flexibility index (Phi) is 3.96. The smallest absolute Gasteiger partial charge is 0.315 e. The van der Waals surface area contributed by atoms with Gasteiger partial charge in [0.1, 0.15) is 0 Å². The molecule has 5 rings (SSSR count). The number of rotatable bonds is 4. The number of carbonyl (C=O) groups is 1. The minimum absolute atomic E-state index is 0.0876. The molecule has 2 aliphatic rings. The molecule has 1 aliphatic carbocycles. The van der Waals surface area contributed by atoms with E-state index in [0.717, 1.165) is 49.0 Å². The molecule has 7 nitrogen and oxygen atoms in total. The minimum Gasteiger partial charge on any atom is -0.345 e. The van der Waals surface area contributed by atoms with E-state index in [9.17, 15) is 13.6 Å². The Morgan fingerprint density at radius 3 is 3.04 bits per heavy atom. The molecule has 144 valence electrons. The average molecular weight is 385 g/mol. The molecule has 1 atom stereocenters. The number of aryl methyl sites for hydroxylation is 2. The van der Waals surface area contributed by atoms with Gasteiger partial charge in [0, 0.05) is 12.1 Å². The van der Waals surface area contributed by atoms with Gasteiger partial charge in [0.25, 0.3) is 11.8 Å². The fraction of sp³-hybridized carbons (Fsp3) is 0.368. The normalized spacial score (nSPS) is 17.8. The number of carbonyl (C=O) groups excluding carboxylic acids is 1. The Balaban J connectivity index is 1.35. The molecular weight excluding hydrogens is 368 g/mol.